The quantitative estimate of drug-likeness (QED) is 0.863. The fourth-order valence-electron chi connectivity index (χ4n) is 2.84. The second kappa shape index (κ2) is 7.46. The van der Waals surface area contributed by atoms with Crippen LogP contribution in [0.1, 0.15) is 40.7 Å². The van der Waals surface area contributed by atoms with E-state index in [1.807, 2.05) is 6.92 Å². The van der Waals surface area contributed by atoms with E-state index in [0.29, 0.717) is 13.2 Å². The summed E-state index contributed by atoms with van der Waals surface area (Å²) < 4.78 is 5.87. The van der Waals surface area contributed by atoms with E-state index in [2.05, 4.69) is 57.2 Å². The summed E-state index contributed by atoms with van der Waals surface area (Å²) in [6.45, 7) is 9.76. The Bertz CT molecular complexity index is 634. The number of hydrogen-bond donors (Lipinski definition) is 1. The van der Waals surface area contributed by atoms with E-state index in [1.165, 1.54) is 27.8 Å². The molecule has 22 heavy (non-hydrogen) atoms. The van der Waals surface area contributed by atoms with Crippen LogP contribution in [0, 0.1) is 20.8 Å². The maximum absolute atomic E-state index is 6.10. The van der Waals surface area contributed by atoms with Gasteiger partial charge < -0.3 is 10.5 Å². The van der Waals surface area contributed by atoms with Crippen molar-refractivity contribution in [2.75, 3.05) is 13.2 Å². The Labute approximate surface area is 134 Å². The zero-order valence-corrected chi connectivity index (χ0v) is 14.1. The molecule has 2 nitrogen and oxygen atoms in total. The summed E-state index contributed by atoms with van der Waals surface area (Å²) in [4.78, 5) is 0. The fourth-order valence-corrected chi connectivity index (χ4v) is 2.84. The van der Waals surface area contributed by atoms with Gasteiger partial charge in [-0.05, 0) is 74.5 Å². The van der Waals surface area contributed by atoms with Gasteiger partial charge in [0.1, 0.15) is 5.75 Å². The highest BCUT2D eigenvalue weighted by Crippen LogP contribution is 2.32. The van der Waals surface area contributed by atoms with Gasteiger partial charge in [0.25, 0.3) is 0 Å². The molecule has 0 aromatic heterocycles. The third-order valence-electron chi connectivity index (χ3n) is 4.38. The van der Waals surface area contributed by atoms with Crippen molar-refractivity contribution >= 4 is 0 Å². The molecule has 0 heterocycles. The van der Waals surface area contributed by atoms with Gasteiger partial charge >= 0.3 is 0 Å². The second-order valence-electron chi connectivity index (χ2n) is 5.97. The van der Waals surface area contributed by atoms with Crippen LogP contribution in [-0.4, -0.2) is 13.2 Å². The molecular weight excluding hydrogens is 270 g/mol. The average Bonchev–Trinajstić information content (AvgIpc) is 2.50. The van der Waals surface area contributed by atoms with Gasteiger partial charge in [0.2, 0.25) is 0 Å². The Morgan fingerprint density at radius 3 is 2.32 bits per heavy atom. The predicted molar refractivity (Wildman–Crippen MR) is 93.8 cm³/mol. The standard InChI is InChI=1S/C20H27NO/c1-5-22-20-11-16(4)15(3)10-19(20)18(13-21)12-17-9-7-6-8-14(17)2/h6-11,18H,5,12-13,21H2,1-4H3. The fraction of sp³-hybridized carbons (Fsp3) is 0.400. The summed E-state index contributed by atoms with van der Waals surface area (Å²) in [5.74, 6) is 1.26. The number of nitrogens with two attached hydrogens (primary N) is 1. The number of hydrogen-bond acceptors (Lipinski definition) is 2. The Hall–Kier alpha value is -1.80. The van der Waals surface area contributed by atoms with Gasteiger partial charge in [-0.3, -0.25) is 0 Å². The summed E-state index contributed by atoms with van der Waals surface area (Å²) in [6.07, 6.45) is 0.950. The summed E-state index contributed by atoms with van der Waals surface area (Å²) >= 11 is 0. The molecule has 1 atom stereocenters. The average molecular weight is 297 g/mol. The number of benzene rings is 2. The van der Waals surface area contributed by atoms with Crippen LogP contribution in [-0.2, 0) is 6.42 Å². The summed E-state index contributed by atoms with van der Waals surface area (Å²) in [6, 6.07) is 12.9. The molecule has 0 fully saturated rings. The first-order valence-electron chi connectivity index (χ1n) is 8.05. The van der Waals surface area contributed by atoms with Gasteiger partial charge in [0.05, 0.1) is 6.61 Å². The van der Waals surface area contributed by atoms with Gasteiger partial charge in [0, 0.05) is 5.92 Å². The van der Waals surface area contributed by atoms with Crippen molar-refractivity contribution < 1.29 is 4.74 Å². The SMILES string of the molecule is CCOc1cc(C)c(C)cc1C(CN)Cc1ccccc1C. The van der Waals surface area contributed by atoms with E-state index < -0.39 is 0 Å². The summed E-state index contributed by atoms with van der Waals surface area (Å²) in [5.41, 5.74) is 12.6. The normalized spacial score (nSPS) is 12.2. The summed E-state index contributed by atoms with van der Waals surface area (Å²) in [7, 11) is 0. The molecule has 0 aliphatic carbocycles. The maximum Gasteiger partial charge on any atom is 0.123 e. The number of aryl methyl sites for hydroxylation is 3. The van der Waals surface area contributed by atoms with E-state index in [0.717, 1.165) is 12.2 Å². The molecule has 1 unspecified atom stereocenters. The zero-order chi connectivity index (χ0) is 16.1. The van der Waals surface area contributed by atoms with Crippen LogP contribution in [0.25, 0.3) is 0 Å². The van der Waals surface area contributed by atoms with E-state index >= 15 is 0 Å². The first kappa shape index (κ1) is 16.6. The lowest BCUT2D eigenvalue weighted by atomic mass is 9.88. The lowest BCUT2D eigenvalue weighted by Crippen LogP contribution is -2.17. The van der Waals surface area contributed by atoms with Crippen molar-refractivity contribution in [1.29, 1.82) is 0 Å². The molecule has 0 aliphatic rings. The Morgan fingerprint density at radius 2 is 1.68 bits per heavy atom. The first-order valence-corrected chi connectivity index (χ1v) is 8.05. The van der Waals surface area contributed by atoms with Crippen LogP contribution in [0.2, 0.25) is 0 Å². The van der Waals surface area contributed by atoms with Gasteiger partial charge in [-0.2, -0.15) is 0 Å². The minimum absolute atomic E-state index is 0.280. The van der Waals surface area contributed by atoms with Crippen LogP contribution in [0.4, 0.5) is 0 Å². The van der Waals surface area contributed by atoms with Crippen molar-refractivity contribution in [3.63, 3.8) is 0 Å². The first-order chi connectivity index (χ1) is 10.6. The minimum atomic E-state index is 0.280. The molecule has 2 aromatic rings. The highest BCUT2D eigenvalue weighted by molar-refractivity contribution is 5.45. The molecule has 2 N–H and O–H groups in total. The van der Waals surface area contributed by atoms with E-state index in [-0.39, 0.29) is 5.92 Å². The molecule has 2 aromatic carbocycles. The van der Waals surface area contributed by atoms with Gasteiger partial charge in [-0.15, -0.1) is 0 Å². The smallest absolute Gasteiger partial charge is 0.123 e. The molecule has 0 saturated carbocycles. The minimum Gasteiger partial charge on any atom is -0.494 e. The van der Waals surface area contributed by atoms with E-state index in [4.69, 9.17) is 10.5 Å². The molecule has 2 rings (SSSR count). The monoisotopic (exact) mass is 297 g/mol. The van der Waals surface area contributed by atoms with E-state index in [1.54, 1.807) is 0 Å². The molecule has 0 aliphatic heterocycles. The van der Waals surface area contributed by atoms with Gasteiger partial charge in [-0.1, -0.05) is 30.3 Å². The maximum atomic E-state index is 6.10. The van der Waals surface area contributed by atoms with Crippen LogP contribution in [0.15, 0.2) is 36.4 Å². The largest absolute Gasteiger partial charge is 0.494 e. The predicted octanol–water partition coefficient (Wildman–Crippen LogP) is 4.30. The van der Waals surface area contributed by atoms with Crippen LogP contribution >= 0.6 is 0 Å². The van der Waals surface area contributed by atoms with Crippen LogP contribution in [0.5, 0.6) is 5.75 Å². The van der Waals surface area contributed by atoms with Gasteiger partial charge in [-0.25, -0.2) is 0 Å². The summed E-state index contributed by atoms with van der Waals surface area (Å²) in [5, 5.41) is 0. The molecule has 0 saturated heterocycles. The van der Waals surface area contributed by atoms with Crippen molar-refractivity contribution in [3.8, 4) is 5.75 Å². The van der Waals surface area contributed by atoms with Crippen molar-refractivity contribution in [3.05, 3.63) is 64.2 Å². The molecule has 118 valence electrons. The third kappa shape index (κ3) is 3.69. The molecule has 0 radical (unpaired) electrons. The highest BCUT2D eigenvalue weighted by atomic mass is 16.5. The number of ether oxygens (including phenoxy) is 1. The third-order valence-corrected chi connectivity index (χ3v) is 4.38. The van der Waals surface area contributed by atoms with Crippen LogP contribution < -0.4 is 10.5 Å². The van der Waals surface area contributed by atoms with E-state index in [9.17, 15) is 0 Å². The molecular formula is C20H27NO. The Morgan fingerprint density at radius 1 is 1.00 bits per heavy atom. The number of rotatable bonds is 6. The van der Waals surface area contributed by atoms with Crippen molar-refractivity contribution in [2.24, 2.45) is 5.73 Å². The van der Waals surface area contributed by atoms with Gasteiger partial charge in [0.15, 0.2) is 0 Å². The zero-order valence-electron chi connectivity index (χ0n) is 14.1. The topological polar surface area (TPSA) is 35.2 Å². The Kier molecular flexibility index (Phi) is 5.62. The Balaban J connectivity index is 2.38. The van der Waals surface area contributed by atoms with Crippen LogP contribution in [0.3, 0.4) is 0 Å². The lowest BCUT2D eigenvalue weighted by molar-refractivity contribution is 0.333. The molecule has 2 heteroatoms. The van der Waals surface area contributed by atoms with Crippen molar-refractivity contribution in [2.45, 2.75) is 40.0 Å². The van der Waals surface area contributed by atoms with Crippen molar-refractivity contribution in [1.82, 2.24) is 0 Å². The lowest BCUT2D eigenvalue weighted by Gasteiger charge is -2.21. The second-order valence-corrected chi connectivity index (χ2v) is 5.97. The highest BCUT2D eigenvalue weighted by Gasteiger charge is 2.17. The molecule has 0 spiro atoms. The molecule has 0 amide bonds. The molecule has 0 bridgehead atoms.